The van der Waals surface area contributed by atoms with Crippen LogP contribution in [0.4, 0.5) is 17.5 Å². The molecule has 0 saturated heterocycles. The Morgan fingerprint density at radius 2 is 1.70 bits per heavy atom. The molecule has 0 aliphatic heterocycles. The first-order chi connectivity index (χ1) is 13.3. The molecule has 0 amide bonds. The molecule has 27 heavy (non-hydrogen) atoms. The summed E-state index contributed by atoms with van der Waals surface area (Å²) < 4.78 is 16.1. The summed E-state index contributed by atoms with van der Waals surface area (Å²) in [6.45, 7) is 0.992. The van der Waals surface area contributed by atoms with Crippen LogP contribution in [-0.2, 0) is 0 Å². The number of rotatable bonds is 9. The minimum Gasteiger partial charge on any atom is -0.497 e. The maximum absolute atomic E-state index is 5.66. The van der Waals surface area contributed by atoms with Gasteiger partial charge >= 0.3 is 0 Å². The summed E-state index contributed by atoms with van der Waals surface area (Å²) in [7, 11) is 3.25. The van der Waals surface area contributed by atoms with Gasteiger partial charge in [-0.1, -0.05) is 12.1 Å². The largest absolute Gasteiger partial charge is 0.497 e. The molecule has 0 fully saturated rings. The van der Waals surface area contributed by atoms with Gasteiger partial charge in [0.2, 0.25) is 5.95 Å². The van der Waals surface area contributed by atoms with Gasteiger partial charge in [-0.25, -0.2) is 0 Å². The standard InChI is InChI=1S/C19H21N5O3/c1-25-14-7-9-15(10-8-14)27-12-11-20-19-23-18(13-21-24-19)22-16-5-3-4-6-17(16)26-2/h3-10,13H,11-12H2,1-2H3,(H2,20,22,23,24). The smallest absolute Gasteiger partial charge is 0.244 e. The van der Waals surface area contributed by atoms with E-state index >= 15 is 0 Å². The third kappa shape index (κ3) is 5.21. The average molecular weight is 367 g/mol. The Morgan fingerprint density at radius 1 is 0.926 bits per heavy atom. The number of nitrogens with zero attached hydrogens (tertiary/aromatic N) is 3. The van der Waals surface area contributed by atoms with Crippen molar-refractivity contribution in [3.05, 3.63) is 54.7 Å². The van der Waals surface area contributed by atoms with Crippen LogP contribution in [0.3, 0.4) is 0 Å². The summed E-state index contributed by atoms with van der Waals surface area (Å²) in [5.74, 6) is 3.25. The minimum absolute atomic E-state index is 0.410. The van der Waals surface area contributed by atoms with Crippen LogP contribution in [0.1, 0.15) is 0 Å². The second kappa shape index (κ2) is 9.23. The Bertz CT molecular complexity index is 858. The van der Waals surface area contributed by atoms with Gasteiger partial charge in [-0.15, -0.1) is 5.10 Å². The number of hydrogen-bond donors (Lipinski definition) is 2. The second-order valence-electron chi connectivity index (χ2n) is 5.44. The maximum atomic E-state index is 5.66. The zero-order valence-electron chi connectivity index (χ0n) is 15.2. The van der Waals surface area contributed by atoms with Gasteiger partial charge in [0, 0.05) is 0 Å². The second-order valence-corrected chi connectivity index (χ2v) is 5.44. The van der Waals surface area contributed by atoms with Crippen molar-refractivity contribution in [1.29, 1.82) is 0 Å². The number of benzene rings is 2. The van der Waals surface area contributed by atoms with Gasteiger partial charge in [-0.05, 0) is 36.4 Å². The maximum Gasteiger partial charge on any atom is 0.244 e. The third-order valence-electron chi connectivity index (χ3n) is 3.64. The predicted molar refractivity (Wildman–Crippen MR) is 103 cm³/mol. The Balaban J connectivity index is 1.51. The van der Waals surface area contributed by atoms with E-state index in [1.807, 2.05) is 48.5 Å². The minimum atomic E-state index is 0.410. The molecule has 0 spiro atoms. The SMILES string of the molecule is COc1ccc(OCCNc2nncc(Nc3ccccc3OC)n2)cc1. The normalized spacial score (nSPS) is 10.1. The topological polar surface area (TPSA) is 90.4 Å². The third-order valence-corrected chi connectivity index (χ3v) is 3.64. The first kappa shape index (κ1) is 18.2. The zero-order valence-corrected chi connectivity index (χ0v) is 15.2. The van der Waals surface area contributed by atoms with E-state index in [0.717, 1.165) is 22.9 Å². The number of nitrogens with one attached hydrogen (secondary N) is 2. The van der Waals surface area contributed by atoms with Crippen molar-refractivity contribution in [3.8, 4) is 17.2 Å². The molecule has 3 aromatic rings. The van der Waals surface area contributed by atoms with Crippen molar-refractivity contribution in [2.45, 2.75) is 0 Å². The summed E-state index contributed by atoms with van der Waals surface area (Å²) in [5, 5.41) is 14.2. The highest BCUT2D eigenvalue weighted by Gasteiger charge is 2.05. The molecule has 0 aliphatic rings. The highest BCUT2D eigenvalue weighted by molar-refractivity contribution is 5.63. The van der Waals surface area contributed by atoms with Crippen molar-refractivity contribution in [2.75, 3.05) is 38.0 Å². The van der Waals surface area contributed by atoms with E-state index < -0.39 is 0 Å². The van der Waals surface area contributed by atoms with Gasteiger partial charge in [-0.2, -0.15) is 10.1 Å². The predicted octanol–water partition coefficient (Wildman–Crippen LogP) is 3.12. The van der Waals surface area contributed by atoms with Gasteiger partial charge in [-0.3, -0.25) is 0 Å². The van der Waals surface area contributed by atoms with Crippen LogP contribution >= 0.6 is 0 Å². The number of ether oxygens (including phenoxy) is 3. The number of anilines is 3. The highest BCUT2D eigenvalue weighted by atomic mass is 16.5. The van der Waals surface area contributed by atoms with Crippen molar-refractivity contribution < 1.29 is 14.2 Å². The van der Waals surface area contributed by atoms with Crippen LogP contribution < -0.4 is 24.8 Å². The van der Waals surface area contributed by atoms with E-state index in [2.05, 4.69) is 25.8 Å². The number of aromatic nitrogens is 3. The molecule has 0 saturated carbocycles. The lowest BCUT2D eigenvalue weighted by molar-refractivity contribution is 0.331. The van der Waals surface area contributed by atoms with Crippen LogP contribution in [0.5, 0.6) is 17.2 Å². The summed E-state index contributed by atoms with van der Waals surface area (Å²) in [5.41, 5.74) is 0.800. The molecule has 8 heteroatoms. The van der Waals surface area contributed by atoms with E-state index in [-0.39, 0.29) is 0 Å². The van der Waals surface area contributed by atoms with Gasteiger partial charge in [0.1, 0.15) is 23.9 Å². The Morgan fingerprint density at radius 3 is 2.48 bits per heavy atom. The molecule has 2 N–H and O–H groups in total. The monoisotopic (exact) mass is 367 g/mol. The molecular formula is C19H21N5O3. The highest BCUT2D eigenvalue weighted by Crippen LogP contribution is 2.25. The summed E-state index contributed by atoms with van der Waals surface area (Å²) in [4.78, 5) is 4.39. The first-order valence-electron chi connectivity index (χ1n) is 8.39. The molecule has 0 atom stereocenters. The lowest BCUT2D eigenvalue weighted by atomic mass is 10.3. The fourth-order valence-corrected chi connectivity index (χ4v) is 2.33. The quantitative estimate of drug-likeness (QED) is 0.558. The lowest BCUT2D eigenvalue weighted by Gasteiger charge is -2.11. The Kier molecular flexibility index (Phi) is 6.24. The molecule has 0 radical (unpaired) electrons. The lowest BCUT2D eigenvalue weighted by Crippen LogP contribution is -2.14. The molecule has 0 unspecified atom stereocenters. The number of methoxy groups -OCH3 is 2. The zero-order chi connectivity index (χ0) is 18.9. The molecule has 3 rings (SSSR count). The van der Waals surface area contributed by atoms with Crippen molar-refractivity contribution >= 4 is 17.5 Å². The van der Waals surface area contributed by atoms with Crippen LogP contribution in [0.15, 0.2) is 54.7 Å². The molecule has 1 aromatic heterocycles. The van der Waals surface area contributed by atoms with E-state index in [0.29, 0.717) is 24.9 Å². The summed E-state index contributed by atoms with van der Waals surface area (Å²) >= 11 is 0. The fraction of sp³-hybridized carbons (Fsp3) is 0.211. The van der Waals surface area contributed by atoms with Gasteiger partial charge < -0.3 is 24.8 Å². The number of hydrogen-bond acceptors (Lipinski definition) is 8. The molecule has 0 aliphatic carbocycles. The molecule has 2 aromatic carbocycles. The van der Waals surface area contributed by atoms with E-state index in [9.17, 15) is 0 Å². The summed E-state index contributed by atoms with van der Waals surface area (Å²) in [6.07, 6.45) is 1.55. The van der Waals surface area contributed by atoms with Crippen LogP contribution in [0.2, 0.25) is 0 Å². The van der Waals surface area contributed by atoms with Crippen LogP contribution in [-0.4, -0.2) is 42.6 Å². The molecular weight excluding hydrogens is 346 g/mol. The van der Waals surface area contributed by atoms with E-state index in [4.69, 9.17) is 14.2 Å². The van der Waals surface area contributed by atoms with E-state index in [1.54, 1.807) is 20.4 Å². The van der Waals surface area contributed by atoms with Crippen molar-refractivity contribution in [3.63, 3.8) is 0 Å². The van der Waals surface area contributed by atoms with Crippen LogP contribution in [0.25, 0.3) is 0 Å². The van der Waals surface area contributed by atoms with Crippen LogP contribution in [0, 0.1) is 0 Å². The van der Waals surface area contributed by atoms with Gasteiger partial charge in [0.15, 0.2) is 5.82 Å². The van der Waals surface area contributed by atoms with Gasteiger partial charge in [0.25, 0.3) is 0 Å². The summed E-state index contributed by atoms with van der Waals surface area (Å²) in [6, 6.07) is 15.0. The molecule has 0 bridgehead atoms. The fourth-order valence-electron chi connectivity index (χ4n) is 2.33. The first-order valence-corrected chi connectivity index (χ1v) is 8.39. The van der Waals surface area contributed by atoms with Gasteiger partial charge in [0.05, 0.1) is 32.6 Å². The number of para-hydroxylation sites is 2. The molecule has 1 heterocycles. The van der Waals surface area contributed by atoms with E-state index in [1.165, 1.54) is 0 Å². The van der Waals surface area contributed by atoms with Crippen molar-refractivity contribution in [2.24, 2.45) is 0 Å². The molecule has 8 nitrogen and oxygen atoms in total. The molecule has 140 valence electrons. The average Bonchev–Trinajstić information content (AvgIpc) is 2.72. The Labute approximate surface area is 157 Å². The Hall–Kier alpha value is -3.55. The van der Waals surface area contributed by atoms with Crippen molar-refractivity contribution in [1.82, 2.24) is 15.2 Å².